The summed E-state index contributed by atoms with van der Waals surface area (Å²) in [5.74, 6) is 0. The van der Waals surface area contributed by atoms with Gasteiger partial charge in [-0.2, -0.15) is 10.5 Å². The van der Waals surface area contributed by atoms with Crippen LogP contribution in [0.4, 0.5) is 0 Å². The minimum Gasteiger partial charge on any atom is -0.456 e. The summed E-state index contributed by atoms with van der Waals surface area (Å²) >= 11 is 0. The molecule has 0 unspecified atom stereocenters. The van der Waals surface area contributed by atoms with Crippen LogP contribution in [0.1, 0.15) is 11.1 Å². The molecule has 194 valence electrons. The van der Waals surface area contributed by atoms with Gasteiger partial charge in [0.25, 0.3) is 0 Å². The fourth-order valence-electron chi connectivity index (χ4n) is 6.03. The van der Waals surface area contributed by atoms with Gasteiger partial charge in [0, 0.05) is 32.7 Å². The number of benzene rings is 6. The van der Waals surface area contributed by atoms with Crippen molar-refractivity contribution in [2.24, 2.45) is 0 Å². The Labute approximate surface area is 240 Å². The van der Waals surface area contributed by atoms with E-state index in [1.54, 1.807) is 6.07 Å². The summed E-state index contributed by atoms with van der Waals surface area (Å²) in [7, 11) is 0. The van der Waals surface area contributed by atoms with Crippen molar-refractivity contribution in [3.63, 3.8) is 0 Å². The third-order valence-electron chi connectivity index (χ3n) is 7.96. The third-order valence-corrected chi connectivity index (χ3v) is 7.96. The zero-order chi connectivity index (χ0) is 28.2. The van der Waals surface area contributed by atoms with Crippen LogP contribution in [0.2, 0.25) is 0 Å². The first kappa shape index (κ1) is 23.8. The van der Waals surface area contributed by atoms with E-state index in [-0.39, 0.29) is 0 Å². The SMILES string of the molecule is N#Cc1cccc(-c2cc(-c3ccc4oc5ccccc5c4c3)cc(-c3cccc4oc5ccccc5c34)c2C#N)c1. The molecule has 0 atom stereocenters. The van der Waals surface area contributed by atoms with E-state index in [1.165, 1.54) is 0 Å². The van der Waals surface area contributed by atoms with Crippen molar-refractivity contribution >= 4 is 43.9 Å². The third kappa shape index (κ3) is 3.60. The Morgan fingerprint density at radius 2 is 1.12 bits per heavy atom. The maximum Gasteiger partial charge on any atom is 0.136 e. The molecular weight excluding hydrogens is 516 g/mol. The Bertz CT molecular complexity index is 2450. The Balaban J connectivity index is 1.46. The number of fused-ring (bicyclic) bond motifs is 6. The van der Waals surface area contributed by atoms with E-state index in [4.69, 9.17) is 8.83 Å². The average Bonchev–Trinajstić information content (AvgIpc) is 3.62. The van der Waals surface area contributed by atoms with Crippen LogP contribution < -0.4 is 0 Å². The van der Waals surface area contributed by atoms with Crippen LogP contribution in [-0.4, -0.2) is 0 Å². The number of para-hydroxylation sites is 2. The van der Waals surface area contributed by atoms with E-state index in [2.05, 4.69) is 48.5 Å². The van der Waals surface area contributed by atoms with Crippen LogP contribution in [0.3, 0.4) is 0 Å². The zero-order valence-electron chi connectivity index (χ0n) is 22.3. The number of hydrogen-bond acceptors (Lipinski definition) is 4. The standard InChI is InChI=1S/C38H20N2O2/c39-21-23-7-5-8-25(17-23)30-19-26(24-15-16-36-32(18-24)27-9-1-3-12-34(27)41-36)20-31(33(30)22-40)28-11-6-14-37-38(28)29-10-2-4-13-35(29)42-37/h1-20H. The topological polar surface area (TPSA) is 73.9 Å². The summed E-state index contributed by atoms with van der Waals surface area (Å²) in [6.45, 7) is 0. The van der Waals surface area contributed by atoms with Crippen LogP contribution >= 0.6 is 0 Å². The van der Waals surface area contributed by atoms with E-state index >= 15 is 0 Å². The van der Waals surface area contributed by atoms with Gasteiger partial charge in [-0.1, -0.05) is 66.7 Å². The van der Waals surface area contributed by atoms with Gasteiger partial charge in [0.1, 0.15) is 28.4 Å². The monoisotopic (exact) mass is 536 g/mol. The van der Waals surface area contributed by atoms with Gasteiger partial charge in [0.15, 0.2) is 0 Å². The highest BCUT2D eigenvalue weighted by atomic mass is 16.3. The quantitative estimate of drug-likeness (QED) is 0.225. The molecule has 2 heterocycles. The number of nitrogens with zero attached hydrogens (tertiary/aromatic N) is 2. The van der Waals surface area contributed by atoms with Gasteiger partial charge in [-0.3, -0.25) is 0 Å². The zero-order valence-corrected chi connectivity index (χ0v) is 22.3. The van der Waals surface area contributed by atoms with E-state index in [9.17, 15) is 10.5 Å². The smallest absolute Gasteiger partial charge is 0.136 e. The lowest BCUT2D eigenvalue weighted by molar-refractivity contribution is 0.668. The molecule has 8 rings (SSSR count). The minimum atomic E-state index is 0.539. The van der Waals surface area contributed by atoms with Gasteiger partial charge in [0.2, 0.25) is 0 Å². The van der Waals surface area contributed by atoms with Gasteiger partial charge in [0.05, 0.1) is 17.2 Å². The molecule has 42 heavy (non-hydrogen) atoms. The molecule has 0 radical (unpaired) electrons. The summed E-state index contributed by atoms with van der Waals surface area (Å²) in [6.07, 6.45) is 0. The Kier molecular flexibility index (Phi) is 5.22. The van der Waals surface area contributed by atoms with E-state index in [1.807, 2.05) is 78.9 Å². The van der Waals surface area contributed by atoms with Crippen molar-refractivity contribution in [3.8, 4) is 45.5 Å². The van der Waals surface area contributed by atoms with Crippen LogP contribution in [0.25, 0.3) is 77.3 Å². The predicted molar refractivity (Wildman–Crippen MR) is 167 cm³/mol. The van der Waals surface area contributed by atoms with Gasteiger partial charge in [-0.25, -0.2) is 0 Å². The van der Waals surface area contributed by atoms with Crippen molar-refractivity contribution in [3.05, 3.63) is 132 Å². The molecule has 0 aliphatic rings. The molecule has 0 amide bonds. The largest absolute Gasteiger partial charge is 0.456 e. The van der Waals surface area contributed by atoms with E-state index < -0.39 is 0 Å². The summed E-state index contributed by atoms with van der Waals surface area (Å²) in [5, 5.41) is 24.3. The normalized spacial score (nSPS) is 11.3. The number of furan rings is 2. The van der Waals surface area contributed by atoms with Crippen molar-refractivity contribution in [2.45, 2.75) is 0 Å². The molecule has 4 nitrogen and oxygen atoms in total. The molecule has 2 aromatic heterocycles. The molecule has 6 aromatic carbocycles. The first-order valence-electron chi connectivity index (χ1n) is 13.6. The molecule has 0 saturated heterocycles. The average molecular weight is 537 g/mol. The second-order valence-corrected chi connectivity index (χ2v) is 10.3. The molecule has 8 aromatic rings. The van der Waals surface area contributed by atoms with Gasteiger partial charge in [-0.05, 0) is 76.9 Å². The highest BCUT2D eigenvalue weighted by Gasteiger charge is 2.20. The van der Waals surface area contributed by atoms with Gasteiger partial charge in [-0.15, -0.1) is 0 Å². The molecule has 0 aliphatic carbocycles. The molecule has 0 saturated carbocycles. The summed E-state index contributed by atoms with van der Waals surface area (Å²) in [6, 6.07) is 44.5. The van der Waals surface area contributed by atoms with Gasteiger partial charge < -0.3 is 8.83 Å². The highest BCUT2D eigenvalue weighted by Crippen LogP contribution is 2.43. The second-order valence-electron chi connectivity index (χ2n) is 10.3. The highest BCUT2D eigenvalue weighted by molar-refractivity contribution is 6.13. The molecule has 0 N–H and O–H groups in total. The molecule has 0 spiro atoms. The summed E-state index contributed by atoms with van der Waals surface area (Å²) in [5.41, 5.74) is 9.58. The molecule has 0 fully saturated rings. The lowest BCUT2D eigenvalue weighted by Gasteiger charge is -2.15. The van der Waals surface area contributed by atoms with Gasteiger partial charge >= 0.3 is 0 Å². The van der Waals surface area contributed by atoms with Crippen LogP contribution in [0, 0.1) is 22.7 Å². The Morgan fingerprint density at radius 1 is 0.429 bits per heavy atom. The molecule has 0 aliphatic heterocycles. The molecule has 0 bridgehead atoms. The number of hydrogen-bond donors (Lipinski definition) is 0. The van der Waals surface area contributed by atoms with E-state index in [0.717, 1.165) is 77.3 Å². The van der Waals surface area contributed by atoms with Crippen LogP contribution in [-0.2, 0) is 0 Å². The Morgan fingerprint density at radius 3 is 1.95 bits per heavy atom. The summed E-state index contributed by atoms with van der Waals surface area (Å²) in [4.78, 5) is 0. The number of nitriles is 2. The molecule has 4 heteroatoms. The molecular formula is C38H20N2O2. The lowest BCUT2D eigenvalue weighted by atomic mass is 9.86. The Hall–Kier alpha value is -6.10. The lowest BCUT2D eigenvalue weighted by Crippen LogP contribution is -1.94. The summed E-state index contributed by atoms with van der Waals surface area (Å²) < 4.78 is 12.3. The van der Waals surface area contributed by atoms with Crippen LogP contribution in [0.15, 0.2) is 130 Å². The van der Waals surface area contributed by atoms with E-state index in [0.29, 0.717) is 11.1 Å². The maximum absolute atomic E-state index is 10.6. The fourth-order valence-corrected chi connectivity index (χ4v) is 6.03. The minimum absolute atomic E-state index is 0.539. The number of rotatable bonds is 3. The second kappa shape index (κ2) is 9.24. The van der Waals surface area contributed by atoms with Crippen molar-refractivity contribution < 1.29 is 8.83 Å². The van der Waals surface area contributed by atoms with Crippen molar-refractivity contribution in [1.82, 2.24) is 0 Å². The van der Waals surface area contributed by atoms with Crippen molar-refractivity contribution in [1.29, 1.82) is 10.5 Å². The van der Waals surface area contributed by atoms with Crippen LogP contribution in [0.5, 0.6) is 0 Å². The maximum atomic E-state index is 10.6. The van der Waals surface area contributed by atoms with Crippen molar-refractivity contribution in [2.75, 3.05) is 0 Å². The first-order valence-corrected chi connectivity index (χ1v) is 13.6. The first-order chi connectivity index (χ1) is 20.7. The fraction of sp³-hybridized carbons (Fsp3) is 0. The predicted octanol–water partition coefficient (Wildman–Crippen LogP) is 10.2.